The summed E-state index contributed by atoms with van der Waals surface area (Å²) in [6.07, 6.45) is 1.46. The maximum atomic E-state index is 11.3. The van der Waals surface area contributed by atoms with Crippen molar-refractivity contribution in [2.75, 3.05) is 45.9 Å². The van der Waals surface area contributed by atoms with Gasteiger partial charge in [0, 0.05) is 38.8 Å². The first-order valence-corrected chi connectivity index (χ1v) is 6.94. The molecule has 0 aliphatic carbocycles. The average Bonchev–Trinajstić information content (AvgIpc) is 2.39. The fraction of sp³-hybridized carbons (Fsp3) is 0.923. The lowest BCUT2D eigenvalue weighted by molar-refractivity contribution is -0.143. The molecule has 0 saturated carbocycles. The van der Waals surface area contributed by atoms with E-state index in [0.29, 0.717) is 13.0 Å². The zero-order valence-corrected chi connectivity index (χ0v) is 11.6. The van der Waals surface area contributed by atoms with Crippen LogP contribution in [0.2, 0.25) is 0 Å². The highest BCUT2D eigenvalue weighted by Crippen LogP contribution is 2.09. The van der Waals surface area contributed by atoms with Crippen LogP contribution in [0.4, 0.5) is 0 Å². The lowest BCUT2D eigenvalue weighted by atomic mass is 10.1. The first-order chi connectivity index (χ1) is 8.71. The summed E-state index contributed by atoms with van der Waals surface area (Å²) in [5.74, 6) is -0.110. The van der Waals surface area contributed by atoms with Gasteiger partial charge in [0.05, 0.1) is 19.6 Å². The highest BCUT2D eigenvalue weighted by Gasteiger charge is 2.22. The molecule has 1 heterocycles. The van der Waals surface area contributed by atoms with Crippen LogP contribution in [0.5, 0.6) is 0 Å². The Hall–Kier alpha value is -0.650. The van der Waals surface area contributed by atoms with Gasteiger partial charge in [-0.1, -0.05) is 6.92 Å². The molecule has 1 unspecified atom stereocenters. The van der Waals surface area contributed by atoms with E-state index < -0.39 is 0 Å². The Morgan fingerprint density at radius 2 is 1.94 bits per heavy atom. The van der Waals surface area contributed by atoms with E-state index in [-0.39, 0.29) is 18.6 Å². The highest BCUT2D eigenvalue weighted by atomic mass is 16.5. The van der Waals surface area contributed by atoms with Gasteiger partial charge in [-0.25, -0.2) is 0 Å². The minimum absolute atomic E-state index is 0.110. The van der Waals surface area contributed by atoms with Gasteiger partial charge >= 0.3 is 5.97 Å². The van der Waals surface area contributed by atoms with Crippen LogP contribution >= 0.6 is 0 Å². The Labute approximate surface area is 110 Å². The quantitative estimate of drug-likeness (QED) is 0.667. The minimum Gasteiger partial charge on any atom is -0.466 e. The smallest absolute Gasteiger partial charge is 0.307 e. The Kier molecular flexibility index (Phi) is 7.23. The highest BCUT2D eigenvalue weighted by molar-refractivity contribution is 5.69. The van der Waals surface area contributed by atoms with E-state index >= 15 is 0 Å². The van der Waals surface area contributed by atoms with Crippen LogP contribution in [0.25, 0.3) is 0 Å². The fourth-order valence-corrected chi connectivity index (χ4v) is 2.34. The summed E-state index contributed by atoms with van der Waals surface area (Å²) in [6, 6.07) is 0.289. The summed E-state index contributed by atoms with van der Waals surface area (Å²) in [6.45, 7) is 9.29. The maximum absolute atomic E-state index is 11.3. The number of rotatable bonds is 7. The van der Waals surface area contributed by atoms with Gasteiger partial charge in [0.1, 0.15) is 0 Å². The van der Waals surface area contributed by atoms with E-state index in [1.807, 2.05) is 6.92 Å². The van der Waals surface area contributed by atoms with Crippen molar-refractivity contribution >= 4 is 5.97 Å². The monoisotopic (exact) mass is 258 g/mol. The van der Waals surface area contributed by atoms with Crippen molar-refractivity contribution in [3.8, 4) is 0 Å². The van der Waals surface area contributed by atoms with E-state index in [4.69, 9.17) is 4.74 Å². The molecular weight excluding hydrogens is 232 g/mol. The van der Waals surface area contributed by atoms with Crippen molar-refractivity contribution < 1.29 is 14.6 Å². The first kappa shape index (κ1) is 15.4. The number of ether oxygens (including phenoxy) is 1. The number of nitrogens with zero attached hydrogens (tertiary/aromatic N) is 2. The molecule has 1 fully saturated rings. The van der Waals surface area contributed by atoms with Crippen molar-refractivity contribution in [2.24, 2.45) is 0 Å². The molecule has 0 aromatic carbocycles. The van der Waals surface area contributed by atoms with Crippen LogP contribution in [0, 0.1) is 0 Å². The Bertz CT molecular complexity index is 236. The molecule has 1 rings (SSSR count). The second kappa shape index (κ2) is 8.45. The van der Waals surface area contributed by atoms with Gasteiger partial charge in [0.15, 0.2) is 0 Å². The lowest BCUT2D eigenvalue weighted by Crippen LogP contribution is -2.51. The third-order valence-corrected chi connectivity index (χ3v) is 3.54. The zero-order valence-electron chi connectivity index (χ0n) is 11.6. The van der Waals surface area contributed by atoms with Crippen molar-refractivity contribution in [1.29, 1.82) is 0 Å². The third-order valence-electron chi connectivity index (χ3n) is 3.54. The molecule has 0 aromatic heterocycles. The van der Waals surface area contributed by atoms with E-state index in [1.54, 1.807) is 0 Å². The summed E-state index contributed by atoms with van der Waals surface area (Å²) in [7, 11) is 0. The maximum Gasteiger partial charge on any atom is 0.307 e. The molecule has 1 atom stereocenters. The molecule has 106 valence electrons. The predicted octanol–water partition coefficient (Wildman–Crippen LogP) is 0.328. The number of aliphatic hydroxyl groups is 1. The molecule has 0 bridgehead atoms. The normalized spacial score (nSPS) is 19.7. The Morgan fingerprint density at radius 3 is 2.44 bits per heavy atom. The predicted molar refractivity (Wildman–Crippen MR) is 70.4 cm³/mol. The summed E-state index contributed by atoms with van der Waals surface area (Å²) in [5, 5.41) is 9.26. The molecule has 18 heavy (non-hydrogen) atoms. The Balaban J connectivity index is 2.21. The van der Waals surface area contributed by atoms with Crippen LogP contribution in [-0.2, 0) is 9.53 Å². The molecular formula is C13H26N2O3. The van der Waals surface area contributed by atoms with Crippen LogP contribution in [-0.4, -0.2) is 72.9 Å². The zero-order chi connectivity index (χ0) is 13.4. The fourth-order valence-electron chi connectivity index (χ4n) is 2.34. The summed E-state index contributed by atoms with van der Waals surface area (Å²) in [5.41, 5.74) is 0. The lowest BCUT2D eigenvalue weighted by Gasteiger charge is -2.38. The van der Waals surface area contributed by atoms with Crippen LogP contribution < -0.4 is 0 Å². The van der Waals surface area contributed by atoms with E-state index in [0.717, 1.165) is 39.1 Å². The summed E-state index contributed by atoms with van der Waals surface area (Å²) < 4.78 is 4.92. The molecule has 0 spiro atoms. The largest absolute Gasteiger partial charge is 0.466 e. The average molecular weight is 258 g/mol. The molecule has 5 heteroatoms. The van der Waals surface area contributed by atoms with Gasteiger partial charge < -0.3 is 14.7 Å². The van der Waals surface area contributed by atoms with Gasteiger partial charge in [-0.15, -0.1) is 0 Å². The van der Waals surface area contributed by atoms with Crippen molar-refractivity contribution in [3.05, 3.63) is 0 Å². The van der Waals surface area contributed by atoms with Crippen LogP contribution in [0.1, 0.15) is 26.7 Å². The Morgan fingerprint density at radius 1 is 1.28 bits per heavy atom. The molecule has 0 aromatic rings. The van der Waals surface area contributed by atoms with Gasteiger partial charge in [-0.05, 0) is 13.3 Å². The van der Waals surface area contributed by atoms with E-state index in [9.17, 15) is 9.90 Å². The standard InChI is InChI=1S/C13H26N2O3/c1-3-12(11-16)15-9-7-14(8-10-15)6-5-13(17)18-4-2/h12,16H,3-11H2,1-2H3. The molecule has 0 radical (unpaired) electrons. The molecule has 1 aliphatic heterocycles. The van der Waals surface area contributed by atoms with Gasteiger partial charge in [0.25, 0.3) is 0 Å². The first-order valence-electron chi connectivity index (χ1n) is 6.94. The van der Waals surface area contributed by atoms with Crippen LogP contribution in [0.15, 0.2) is 0 Å². The van der Waals surface area contributed by atoms with E-state index in [2.05, 4.69) is 16.7 Å². The van der Waals surface area contributed by atoms with Gasteiger partial charge in [-0.3, -0.25) is 9.69 Å². The SMILES string of the molecule is CCOC(=O)CCN1CCN(C(CC)CO)CC1. The molecule has 1 N–H and O–H groups in total. The number of hydrogen-bond acceptors (Lipinski definition) is 5. The number of carbonyl (C=O) groups excluding carboxylic acids is 1. The second-order valence-electron chi connectivity index (χ2n) is 4.68. The summed E-state index contributed by atoms with van der Waals surface area (Å²) >= 11 is 0. The number of hydrogen-bond donors (Lipinski definition) is 1. The molecule has 0 amide bonds. The number of aliphatic hydroxyl groups excluding tert-OH is 1. The van der Waals surface area contributed by atoms with Gasteiger partial charge in [-0.2, -0.15) is 0 Å². The van der Waals surface area contributed by atoms with Crippen molar-refractivity contribution in [3.63, 3.8) is 0 Å². The van der Waals surface area contributed by atoms with Crippen molar-refractivity contribution in [1.82, 2.24) is 9.80 Å². The molecule has 5 nitrogen and oxygen atoms in total. The minimum atomic E-state index is -0.110. The second-order valence-corrected chi connectivity index (χ2v) is 4.68. The molecule has 1 aliphatic rings. The topological polar surface area (TPSA) is 53.0 Å². The number of carbonyl (C=O) groups is 1. The van der Waals surface area contributed by atoms with Crippen molar-refractivity contribution in [2.45, 2.75) is 32.7 Å². The third kappa shape index (κ3) is 4.92. The number of piperazine rings is 1. The number of esters is 1. The summed E-state index contributed by atoms with van der Waals surface area (Å²) in [4.78, 5) is 15.9. The van der Waals surface area contributed by atoms with E-state index in [1.165, 1.54) is 0 Å². The molecule has 1 saturated heterocycles. The van der Waals surface area contributed by atoms with Gasteiger partial charge in [0.2, 0.25) is 0 Å². The van der Waals surface area contributed by atoms with Crippen LogP contribution in [0.3, 0.4) is 0 Å².